The van der Waals surface area contributed by atoms with Crippen molar-refractivity contribution in [3.8, 4) is 0 Å². The second-order valence-corrected chi connectivity index (χ2v) is 6.52. The van der Waals surface area contributed by atoms with Crippen LogP contribution in [0.5, 0.6) is 0 Å². The van der Waals surface area contributed by atoms with Gasteiger partial charge in [0.05, 0.1) is 16.3 Å². The van der Waals surface area contributed by atoms with E-state index < -0.39 is 17.7 Å². The van der Waals surface area contributed by atoms with Crippen LogP contribution >= 0.6 is 11.6 Å². The maximum Gasteiger partial charge on any atom is 0.416 e. The van der Waals surface area contributed by atoms with Crippen molar-refractivity contribution in [1.29, 1.82) is 0 Å². The zero-order valence-electron chi connectivity index (χ0n) is 14.3. The molecule has 0 aliphatic rings. The molecule has 8 heteroatoms. The Morgan fingerprint density at radius 3 is 2.39 bits per heavy atom. The number of ketones is 1. The lowest BCUT2D eigenvalue weighted by Gasteiger charge is -2.18. The Morgan fingerprint density at radius 2 is 1.82 bits per heavy atom. The number of H-pyrrole nitrogens is 1. The molecular formula is C20H14ClF3N2O2. The highest BCUT2D eigenvalue weighted by Crippen LogP contribution is 2.35. The van der Waals surface area contributed by atoms with E-state index in [0.717, 1.165) is 12.1 Å². The quantitative estimate of drug-likeness (QED) is 0.616. The molecule has 0 aliphatic carbocycles. The summed E-state index contributed by atoms with van der Waals surface area (Å²) >= 11 is 6.22. The monoisotopic (exact) mass is 406 g/mol. The molecule has 0 saturated carbocycles. The van der Waals surface area contributed by atoms with Crippen molar-refractivity contribution in [3.05, 3.63) is 98.7 Å². The molecule has 144 valence electrons. The molecule has 2 heterocycles. The van der Waals surface area contributed by atoms with Crippen molar-refractivity contribution in [2.24, 2.45) is 0 Å². The highest BCUT2D eigenvalue weighted by molar-refractivity contribution is 6.31. The minimum absolute atomic E-state index is 0.0753. The average Bonchev–Trinajstić information content (AvgIpc) is 2.66. The highest BCUT2D eigenvalue weighted by atomic mass is 35.5. The van der Waals surface area contributed by atoms with Crippen molar-refractivity contribution in [3.63, 3.8) is 0 Å². The second-order valence-electron chi connectivity index (χ2n) is 6.11. The van der Waals surface area contributed by atoms with E-state index in [4.69, 9.17) is 11.6 Å². The Kier molecular flexibility index (Phi) is 5.65. The third-order valence-electron chi connectivity index (χ3n) is 4.25. The van der Waals surface area contributed by atoms with Crippen molar-refractivity contribution >= 4 is 17.4 Å². The fourth-order valence-electron chi connectivity index (χ4n) is 2.82. The topological polar surface area (TPSA) is 62.8 Å². The Hall–Kier alpha value is -2.93. The highest BCUT2D eigenvalue weighted by Gasteiger charge is 2.31. The van der Waals surface area contributed by atoms with E-state index in [9.17, 15) is 22.8 Å². The number of hydrogen-bond donors (Lipinski definition) is 1. The predicted octanol–water partition coefficient (Wildman–Crippen LogP) is 4.85. The summed E-state index contributed by atoms with van der Waals surface area (Å²) in [5.41, 5.74) is 0.0225. The number of nitrogens with zero attached hydrogens (tertiary/aromatic N) is 1. The number of alkyl halides is 3. The van der Waals surface area contributed by atoms with Gasteiger partial charge in [0, 0.05) is 36.4 Å². The van der Waals surface area contributed by atoms with Crippen LogP contribution in [0.25, 0.3) is 0 Å². The fourth-order valence-corrected chi connectivity index (χ4v) is 3.07. The molecule has 0 bridgehead atoms. The summed E-state index contributed by atoms with van der Waals surface area (Å²) in [4.78, 5) is 30.5. The third-order valence-corrected chi connectivity index (χ3v) is 4.57. The van der Waals surface area contributed by atoms with E-state index in [-0.39, 0.29) is 23.3 Å². The van der Waals surface area contributed by atoms with Gasteiger partial charge in [0.1, 0.15) is 0 Å². The molecule has 0 unspecified atom stereocenters. The molecule has 28 heavy (non-hydrogen) atoms. The summed E-state index contributed by atoms with van der Waals surface area (Å²) < 4.78 is 38.6. The Morgan fingerprint density at radius 1 is 1.11 bits per heavy atom. The smallest absolute Gasteiger partial charge is 0.328 e. The van der Waals surface area contributed by atoms with Gasteiger partial charge in [-0.25, -0.2) is 0 Å². The molecular weight excluding hydrogens is 393 g/mol. The van der Waals surface area contributed by atoms with Crippen molar-refractivity contribution < 1.29 is 18.0 Å². The SMILES string of the molecule is O=C(C[C@@H](c1ccc(C(F)(F)F)cc1)c1ncccc1Cl)c1ccc(=O)[nH]c1. The van der Waals surface area contributed by atoms with Crippen molar-refractivity contribution in [2.75, 3.05) is 0 Å². The third kappa shape index (κ3) is 4.48. The van der Waals surface area contributed by atoms with Crippen LogP contribution in [0.3, 0.4) is 0 Å². The normalized spacial score (nSPS) is 12.6. The van der Waals surface area contributed by atoms with Crippen molar-refractivity contribution in [1.82, 2.24) is 9.97 Å². The number of carbonyl (C=O) groups excluding carboxylic acids is 1. The summed E-state index contributed by atoms with van der Waals surface area (Å²) in [5, 5.41) is 0.307. The molecule has 0 saturated heterocycles. The Balaban J connectivity index is 1.98. The van der Waals surface area contributed by atoms with Crippen LogP contribution in [0, 0.1) is 0 Å². The molecule has 4 nitrogen and oxygen atoms in total. The molecule has 3 rings (SSSR count). The molecule has 0 amide bonds. The number of halogens is 4. The van der Waals surface area contributed by atoms with Gasteiger partial charge in [0.2, 0.25) is 5.56 Å². The van der Waals surface area contributed by atoms with Gasteiger partial charge in [-0.15, -0.1) is 0 Å². The molecule has 0 spiro atoms. The first-order valence-corrected chi connectivity index (χ1v) is 8.63. The fraction of sp³-hybridized carbons (Fsp3) is 0.150. The lowest BCUT2D eigenvalue weighted by Crippen LogP contribution is -2.13. The molecule has 0 radical (unpaired) electrons. The first-order valence-electron chi connectivity index (χ1n) is 8.25. The average molecular weight is 407 g/mol. The summed E-state index contributed by atoms with van der Waals surface area (Å²) in [6.07, 6.45) is -1.73. The van der Waals surface area contributed by atoms with Crippen LogP contribution in [-0.4, -0.2) is 15.8 Å². The van der Waals surface area contributed by atoms with E-state index in [1.54, 1.807) is 12.1 Å². The van der Waals surface area contributed by atoms with E-state index >= 15 is 0 Å². The van der Waals surface area contributed by atoms with Crippen molar-refractivity contribution in [2.45, 2.75) is 18.5 Å². The van der Waals surface area contributed by atoms with E-state index in [2.05, 4.69) is 9.97 Å². The van der Waals surface area contributed by atoms with Crippen LogP contribution in [0.2, 0.25) is 5.02 Å². The van der Waals surface area contributed by atoms with E-state index in [0.29, 0.717) is 16.3 Å². The molecule has 1 aromatic carbocycles. The molecule has 2 aromatic heterocycles. The van der Waals surface area contributed by atoms with Crippen LogP contribution in [0.1, 0.15) is 39.5 Å². The molecule has 1 N–H and O–H groups in total. The minimum atomic E-state index is -4.46. The van der Waals surface area contributed by atoms with Gasteiger partial charge in [-0.1, -0.05) is 23.7 Å². The second kappa shape index (κ2) is 7.98. The van der Waals surface area contributed by atoms with Gasteiger partial charge in [-0.05, 0) is 35.9 Å². The Bertz CT molecular complexity index is 1030. The number of Topliss-reactive ketones (excluding diaryl/α,β-unsaturated/α-hetero) is 1. The van der Waals surface area contributed by atoms with Gasteiger partial charge in [0.15, 0.2) is 5.78 Å². The number of benzene rings is 1. The molecule has 1 atom stereocenters. The summed E-state index contributed by atoms with van der Waals surface area (Å²) in [7, 11) is 0. The van der Waals surface area contributed by atoms with Crippen LogP contribution in [0.4, 0.5) is 13.2 Å². The van der Waals surface area contributed by atoms with Gasteiger partial charge >= 0.3 is 6.18 Å². The number of aromatic amines is 1. The Labute approximate surface area is 163 Å². The summed E-state index contributed by atoms with van der Waals surface area (Å²) in [6, 6.07) is 10.4. The first kappa shape index (κ1) is 19.8. The number of nitrogens with one attached hydrogen (secondary N) is 1. The van der Waals surface area contributed by atoms with Crippen LogP contribution in [-0.2, 0) is 6.18 Å². The van der Waals surface area contributed by atoms with Crippen LogP contribution in [0.15, 0.2) is 65.7 Å². The lowest BCUT2D eigenvalue weighted by molar-refractivity contribution is -0.137. The zero-order chi connectivity index (χ0) is 20.3. The maximum atomic E-state index is 12.9. The van der Waals surface area contributed by atoms with Gasteiger partial charge in [0.25, 0.3) is 0 Å². The summed E-state index contributed by atoms with van der Waals surface area (Å²) in [6.45, 7) is 0. The molecule has 3 aromatic rings. The number of hydrogen-bond acceptors (Lipinski definition) is 3. The van der Waals surface area contributed by atoms with E-state index in [1.807, 2.05) is 0 Å². The number of pyridine rings is 2. The molecule has 0 fully saturated rings. The van der Waals surface area contributed by atoms with Crippen LogP contribution < -0.4 is 5.56 Å². The largest absolute Gasteiger partial charge is 0.416 e. The van der Waals surface area contributed by atoms with Gasteiger partial charge in [-0.2, -0.15) is 13.2 Å². The standard InChI is InChI=1S/C20H14ClF3N2O2/c21-16-2-1-9-25-19(16)15(10-17(27)13-5-8-18(28)26-11-13)12-3-6-14(7-4-12)20(22,23)24/h1-9,11,15H,10H2,(H,26,28)/t15-/m0/s1. The minimum Gasteiger partial charge on any atom is -0.328 e. The molecule has 0 aliphatic heterocycles. The lowest BCUT2D eigenvalue weighted by atomic mass is 9.88. The zero-order valence-corrected chi connectivity index (χ0v) is 15.1. The summed E-state index contributed by atoms with van der Waals surface area (Å²) in [5.74, 6) is -0.946. The number of rotatable bonds is 5. The van der Waals surface area contributed by atoms with Gasteiger partial charge in [-0.3, -0.25) is 14.6 Å². The number of carbonyl (C=O) groups is 1. The number of aromatic nitrogens is 2. The maximum absolute atomic E-state index is 12.9. The predicted molar refractivity (Wildman–Crippen MR) is 98.5 cm³/mol. The van der Waals surface area contributed by atoms with E-state index in [1.165, 1.54) is 36.7 Å². The first-order chi connectivity index (χ1) is 13.3. The van der Waals surface area contributed by atoms with Gasteiger partial charge < -0.3 is 4.98 Å².